The number of ether oxygens (including phenoxy) is 1. The molecule has 2 atom stereocenters. The Kier molecular flexibility index (Phi) is 4.86. The van der Waals surface area contributed by atoms with E-state index in [0.717, 1.165) is 6.42 Å². The van der Waals surface area contributed by atoms with Crippen molar-refractivity contribution in [3.63, 3.8) is 0 Å². The van der Waals surface area contributed by atoms with Gasteiger partial charge in [-0.1, -0.05) is 13.8 Å². The van der Waals surface area contributed by atoms with Gasteiger partial charge in [-0.3, -0.25) is 4.79 Å². The zero-order chi connectivity index (χ0) is 8.85. The van der Waals surface area contributed by atoms with Crippen LogP contribution in [0.2, 0.25) is 0 Å². The van der Waals surface area contributed by atoms with Gasteiger partial charge < -0.3 is 10.5 Å². The summed E-state index contributed by atoms with van der Waals surface area (Å²) >= 11 is 0. The van der Waals surface area contributed by atoms with Gasteiger partial charge in [0.05, 0.1) is 6.10 Å². The first-order valence-electron chi connectivity index (χ1n) is 4.07. The summed E-state index contributed by atoms with van der Waals surface area (Å²) in [5, 5.41) is 0. The molecule has 66 valence electrons. The lowest BCUT2D eigenvalue weighted by molar-refractivity contribution is -0.150. The molecule has 3 nitrogen and oxygen atoms in total. The van der Waals surface area contributed by atoms with Gasteiger partial charge in [0.15, 0.2) is 0 Å². The molecule has 0 aliphatic carbocycles. The smallest absolute Gasteiger partial charge is 0.323 e. The van der Waals surface area contributed by atoms with Crippen molar-refractivity contribution in [2.24, 2.45) is 5.73 Å². The molecule has 0 aliphatic rings. The molecule has 0 heterocycles. The van der Waals surface area contributed by atoms with E-state index < -0.39 is 6.04 Å². The second kappa shape index (κ2) is 5.13. The van der Waals surface area contributed by atoms with Crippen LogP contribution < -0.4 is 5.73 Å². The predicted octanol–water partition coefficient (Wildman–Crippen LogP) is 1.07. The van der Waals surface area contributed by atoms with E-state index in [-0.39, 0.29) is 12.1 Å². The number of hydrogen-bond acceptors (Lipinski definition) is 3. The third-order valence-corrected chi connectivity index (χ3v) is 1.63. The molecule has 0 saturated carbocycles. The van der Waals surface area contributed by atoms with Gasteiger partial charge >= 0.3 is 5.97 Å². The quantitative estimate of drug-likeness (QED) is 0.624. The molecule has 0 spiro atoms. The molecular weight excluding hydrogens is 142 g/mol. The van der Waals surface area contributed by atoms with Crippen LogP contribution in [0.1, 0.15) is 33.6 Å². The van der Waals surface area contributed by atoms with Crippen molar-refractivity contribution >= 4 is 5.97 Å². The van der Waals surface area contributed by atoms with E-state index in [1.54, 1.807) is 0 Å². The summed E-state index contributed by atoms with van der Waals surface area (Å²) in [6, 6.07) is -0.455. The van der Waals surface area contributed by atoms with E-state index in [1.807, 2.05) is 20.8 Å². The molecule has 3 heteroatoms. The highest BCUT2D eigenvalue weighted by Gasteiger charge is 2.14. The van der Waals surface area contributed by atoms with Crippen molar-refractivity contribution in [1.82, 2.24) is 0 Å². The topological polar surface area (TPSA) is 52.3 Å². The Morgan fingerprint density at radius 2 is 2.00 bits per heavy atom. The first-order chi connectivity index (χ1) is 5.11. The van der Waals surface area contributed by atoms with E-state index in [9.17, 15) is 4.79 Å². The van der Waals surface area contributed by atoms with Crippen LogP contribution in [0.3, 0.4) is 0 Å². The van der Waals surface area contributed by atoms with E-state index in [4.69, 9.17) is 10.5 Å². The van der Waals surface area contributed by atoms with Crippen molar-refractivity contribution in [2.45, 2.75) is 45.8 Å². The fourth-order valence-electron chi connectivity index (χ4n) is 0.536. The van der Waals surface area contributed by atoms with Crippen molar-refractivity contribution in [2.75, 3.05) is 0 Å². The lowest BCUT2D eigenvalue weighted by Gasteiger charge is -2.13. The molecule has 1 unspecified atom stereocenters. The highest BCUT2D eigenvalue weighted by atomic mass is 16.5. The molecule has 11 heavy (non-hydrogen) atoms. The Morgan fingerprint density at radius 1 is 1.45 bits per heavy atom. The van der Waals surface area contributed by atoms with Gasteiger partial charge in [0, 0.05) is 0 Å². The summed E-state index contributed by atoms with van der Waals surface area (Å²) in [6.45, 7) is 5.69. The molecule has 0 aromatic rings. The molecule has 2 N–H and O–H groups in total. The largest absolute Gasteiger partial charge is 0.462 e. The van der Waals surface area contributed by atoms with Crippen LogP contribution in [0.5, 0.6) is 0 Å². The number of carbonyl (C=O) groups excluding carboxylic acids is 1. The molecule has 0 aliphatic heterocycles. The maximum Gasteiger partial charge on any atom is 0.323 e. The fraction of sp³-hybridized carbons (Fsp3) is 0.875. The Hall–Kier alpha value is -0.570. The standard InChI is InChI=1S/C8H17NO2/c1-4-6(3)11-8(10)7(9)5-2/h6-7H,4-5,9H2,1-3H3/t6?,7-/m0/s1. The third kappa shape index (κ3) is 3.98. The molecule has 0 rings (SSSR count). The fourth-order valence-corrected chi connectivity index (χ4v) is 0.536. The minimum atomic E-state index is -0.455. The van der Waals surface area contributed by atoms with Gasteiger partial charge in [-0.05, 0) is 19.8 Å². The average Bonchev–Trinajstić information content (AvgIpc) is 2.02. The van der Waals surface area contributed by atoms with Crippen LogP contribution in [0.25, 0.3) is 0 Å². The molecule has 0 fully saturated rings. The Balaban J connectivity index is 3.68. The van der Waals surface area contributed by atoms with Crippen molar-refractivity contribution in [3.8, 4) is 0 Å². The second-order valence-electron chi connectivity index (χ2n) is 2.67. The van der Waals surface area contributed by atoms with Gasteiger partial charge in [-0.25, -0.2) is 0 Å². The minimum absolute atomic E-state index is 0.0138. The molecule has 0 radical (unpaired) electrons. The molecule has 0 aromatic heterocycles. The first kappa shape index (κ1) is 10.4. The summed E-state index contributed by atoms with van der Waals surface area (Å²) in [7, 11) is 0. The van der Waals surface area contributed by atoms with Crippen LogP contribution in [0.4, 0.5) is 0 Å². The summed E-state index contributed by atoms with van der Waals surface area (Å²) in [4.78, 5) is 11.0. The van der Waals surface area contributed by atoms with Gasteiger partial charge in [-0.2, -0.15) is 0 Å². The lowest BCUT2D eigenvalue weighted by atomic mass is 10.2. The van der Waals surface area contributed by atoms with E-state index >= 15 is 0 Å². The molecule has 0 aromatic carbocycles. The zero-order valence-electron chi connectivity index (χ0n) is 7.46. The van der Waals surface area contributed by atoms with Crippen LogP contribution in [0.15, 0.2) is 0 Å². The SMILES string of the molecule is CCC(C)OC(=O)[C@@H](N)CC. The highest BCUT2D eigenvalue weighted by Crippen LogP contribution is 1.99. The summed E-state index contributed by atoms with van der Waals surface area (Å²) in [6.07, 6.45) is 1.46. The van der Waals surface area contributed by atoms with Crippen LogP contribution >= 0.6 is 0 Å². The second-order valence-corrected chi connectivity index (χ2v) is 2.67. The van der Waals surface area contributed by atoms with Crippen LogP contribution in [-0.4, -0.2) is 18.1 Å². The number of rotatable bonds is 4. The van der Waals surface area contributed by atoms with E-state index in [2.05, 4.69) is 0 Å². The maximum absolute atomic E-state index is 11.0. The van der Waals surface area contributed by atoms with Crippen molar-refractivity contribution < 1.29 is 9.53 Å². The predicted molar refractivity (Wildman–Crippen MR) is 44.1 cm³/mol. The number of esters is 1. The molecule has 0 saturated heterocycles. The van der Waals surface area contributed by atoms with Crippen LogP contribution in [-0.2, 0) is 9.53 Å². The maximum atomic E-state index is 11.0. The molecular formula is C8H17NO2. The van der Waals surface area contributed by atoms with Crippen LogP contribution in [0, 0.1) is 0 Å². The Morgan fingerprint density at radius 3 is 2.36 bits per heavy atom. The third-order valence-electron chi connectivity index (χ3n) is 1.63. The van der Waals surface area contributed by atoms with E-state index in [0.29, 0.717) is 6.42 Å². The average molecular weight is 159 g/mol. The number of carbonyl (C=O) groups is 1. The van der Waals surface area contributed by atoms with Gasteiger partial charge in [0.2, 0.25) is 0 Å². The normalized spacial score (nSPS) is 15.6. The van der Waals surface area contributed by atoms with Gasteiger partial charge in [0.1, 0.15) is 6.04 Å². The summed E-state index contributed by atoms with van der Waals surface area (Å²) in [5.74, 6) is -0.290. The highest BCUT2D eigenvalue weighted by molar-refractivity contribution is 5.75. The summed E-state index contributed by atoms with van der Waals surface area (Å²) < 4.78 is 4.99. The van der Waals surface area contributed by atoms with Gasteiger partial charge in [-0.15, -0.1) is 0 Å². The zero-order valence-corrected chi connectivity index (χ0v) is 7.46. The Labute approximate surface area is 67.9 Å². The first-order valence-corrected chi connectivity index (χ1v) is 4.07. The molecule has 0 amide bonds. The van der Waals surface area contributed by atoms with Gasteiger partial charge in [0.25, 0.3) is 0 Å². The van der Waals surface area contributed by atoms with Crippen molar-refractivity contribution in [1.29, 1.82) is 0 Å². The Bertz CT molecular complexity index is 125. The monoisotopic (exact) mass is 159 g/mol. The van der Waals surface area contributed by atoms with E-state index in [1.165, 1.54) is 0 Å². The summed E-state index contributed by atoms with van der Waals surface area (Å²) in [5.41, 5.74) is 5.44. The van der Waals surface area contributed by atoms with Crippen molar-refractivity contribution in [3.05, 3.63) is 0 Å². The lowest BCUT2D eigenvalue weighted by Crippen LogP contribution is -2.33. The number of nitrogens with two attached hydrogens (primary N) is 1. The number of hydrogen-bond donors (Lipinski definition) is 1. The minimum Gasteiger partial charge on any atom is -0.462 e. The molecule has 0 bridgehead atoms.